The molecule has 0 heterocycles. The standard InChI is InChI=1S/C18H27N/c1-16-8-5-6-11-18(16)12-7-14-19-15-13-17-9-3-2-4-10-17/h2-3,5-6,9,11,16,19H,4,7-8,10,12-15H2,1H3. The van der Waals surface area contributed by atoms with Crippen LogP contribution in [0.15, 0.2) is 47.6 Å². The molecule has 0 saturated heterocycles. The van der Waals surface area contributed by atoms with Crippen LogP contribution < -0.4 is 5.32 Å². The molecule has 0 radical (unpaired) electrons. The number of hydrogen-bond acceptors (Lipinski definition) is 1. The molecule has 0 saturated carbocycles. The molecule has 2 rings (SSSR count). The van der Waals surface area contributed by atoms with Crippen LogP contribution >= 0.6 is 0 Å². The smallest absolute Gasteiger partial charge is 0.00115 e. The van der Waals surface area contributed by atoms with Crippen LogP contribution in [-0.2, 0) is 0 Å². The van der Waals surface area contributed by atoms with Crippen molar-refractivity contribution in [3.63, 3.8) is 0 Å². The summed E-state index contributed by atoms with van der Waals surface area (Å²) in [5, 5.41) is 3.58. The van der Waals surface area contributed by atoms with Crippen molar-refractivity contribution in [3.05, 3.63) is 47.6 Å². The molecule has 1 nitrogen and oxygen atoms in total. The summed E-state index contributed by atoms with van der Waals surface area (Å²) in [7, 11) is 0. The molecular formula is C18H27N. The minimum Gasteiger partial charge on any atom is -0.316 e. The van der Waals surface area contributed by atoms with Gasteiger partial charge in [-0.25, -0.2) is 0 Å². The van der Waals surface area contributed by atoms with Crippen LogP contribution in [0.5, 0.6) is 0 Å². The molecule has 0 aromatic rings. The lowest BCUT2D eigenvalue weighted by Gasteiger charge is -2.17. The molecule has 0 aromatic heterocycles. The monoisotopic (exact) mass is 257 g/mol. The van der Waals surface area contributed by atoms with E-state index in [1.807, 2.05) is 0 Å². The van der Waals surface area contributed by atoms with Gasteiger partial charge in [0.1, 0.15) is 0 Å². The summed E-state index contributed by atoms with van der Waals surface area (Å²) in [6.45, 7) is 4.62. The highest BCUT2D eigenvalue weighted by Crippen LogP contribution is 2.23. The van der Waals surface area contributed by atoms with Crippen LogP contribution in [0.4, 0.5) is 0 Å². The Morgan fingerprint density at radius 3 is 2.79 bits per heavy atom. The lowest BCUT2D eigenvalue weighted by molar-refractivity contribution is 0.594. The zero-order valence-corrected chi connectivity index (χ0v) is 12.2. The molecule has 0 bridgehead atoms. The van der Waals surface area contributed by atoms with Crippen molar-refractivity contribution in [1.29, 1.82) is 0 Å². The first-order valence-electron chi connectivity index (χ1n) is 7.77. The first-order valence-corrected chi connectivity index (χ1v) is 7.77. The Morgan fingerprint density at radius 1 is 1.11 bits per heavy atom. The third-order valence-corrected chi connectivity index (χ3v) is 4.11. The van der Waals surface area contributed by atoms with Crippen molar-refractivity contribution in [3.8, 4) is 0 Å². The maximum atomic E-state index is 3.58. The Morgan fingerprint density at radius 2 is 2.00 bits per heavy atom. The van der Waals surface area contributed by atoms with Crippen molar-refractivity contribution in [2.24, 2.45) is 5.92 Å². The molecule has 1 atom stereocenters. The number of hydrogen-bond donors (Lipinski definition) is 1. The maximum absolute atomic E-state index is 3.58. The van der Waals surface area contributed by atoms with E-state index in [4.69, 9.17) is 0 Å². The zero-order chi connectivity index (χ0) is 13.3. The Hall–Kier alpha value is -1.08. The molecule has 0 spiro atoms. The van der Waals surface area contributed by atoms with Crippen LogP contribution in [0, 0.1) is 5.92 Å². The molecule has 0 aromatic carbocycles. The predicted octanol–water partition coefficient (Wildman–Crippen LogP) is 4.55. The molecule has 0 amide bonds. The highest BCUT2D eigenvalue weighted by atomic mass is 14.8. The van der Waals surface area contributed by atoms with Gasteiger partial charge in [0, 0.05) is 0 Å². The normalized spacial score (nSPS) is 22.3. The molecule has 104 valence electrons. The van der Waals surface area contributed by atoms with E-state index in [1.165, 1.54) is 38.5 Å². The van der Waals surface area contributed by atoms with Gasteiger partial charge in [-0.05, 0) is 57.5 Å². The van der Waals surface area contributed by atoms with Crippen molar-refractivity contribution >= 4 is 0 Å². The number of nitrogens with one attached hydrogen (secondary N) is 1. The topological polar surface area (TPSA) is 12.0 Å². The van der Waals surface area contributed by atoms with Crippen LogP contribution in [0.25, 0.3) is 0 Å². The van der Waals surface area contributed by atoms with Crippen LogP contribution in [0.3, 0.4) is 0 Å². The van der Waals surface area contributed by atoms with E-state index < -0.39 is 0 Å². The van der Waals surface area contributed by atoms with Crippen LogP contribution in [0.2, 0.25) is 0 Å². The summed E-state index contributed by atoms with van der Waals surface area (Å²) < 4.78 is 0. The predicted molar refractivity (Wildman–Crippen MR) is 84.2 cm³/mol. The summed E-state index contributed by atoms with van der Waals surface area (Å²) in [4.78, 5) is 0. The highest BCUT2D eigenvalue weighted by molar-refractivity contribution is 5.20. The largest absolute Gasteiger partial charge is 0.316 e. The van der Waals surface area contributed by atoms with Crippen molar-refractivity contribution in [2.45, 2.75) is 45.4 Å². The first-order chi connectivity index (χ1) is 9.36. The van der Waals surface area contributed by atoms with Gasteiger partial charge < -0.3 is 5.32 Å². The summed E-state index contributed by atoms with van der Waals surface area (Å²) in [6.07, 6.45) is 21.0. The summed E-state index contributed by atoms with van der Waals surface area (Å²) >= 11 is 0. The Bertz CT molecular complexity index is 384. The van der Waals surface area contributed by atoms with Gasteiger partial charge in [-0.1, -0.05) is 54.5 Å². The second-order valence-corrected chi connectivity index (χ2v) is 5.70. The molecule has 1 unspecified atom stereocenters. The van der Waals surface area contributed by atoms with E-state index in [1.54, 1.807) is 11.1 Å². The summed E-state index contributed by atoms with van der Waals surface area (Å²) in [5.74, 6) is 0.754. The number of rotatable bonds is 7. The van der Waals surface area contributed by atoms with E-state index in [-0.39, 0.29) is 0 Å². The SMILES string of the molecule is CC1CC=CC=C1CCCNCCC1=CC=CCC1. The summed E-state index contributed by atoms with van der Waals surface area (Å²) in [6, 6.07) is 0. The minimum atomic E-state index is 0.754. The molecule has 1 heteroatoms. The maximum Gasteiger partial charge on any atom is -0.00115 e. The van der Waals surface area contributed by atoms with Gasteiger partial charge in [-0.3, -0.25) is 0 Å². The van der Waals surface area contributed by atoms with Crippen LogP contribution in [-0.4, -0.2) is 13.1 Å². The molecule has 2 aliphatic carbocycles. The van der Waals surface area contributed by atoms with Gasteiger partial charge in [-0.2, -0.15) is 0 Å². The quantitative estimate of drug-likeness (QED) is 0.660. The molecule has 0 aliphatic heterocycles. The Labute approximate surface area is 118 Å². The van der Waals surface area contributed by atoms with E-state index in [0.29, 0.717) is 0 Å². The molecular weight excluding hydrogens is 230 g/mol. The van der Waals surface area contributed by atoms with Gasteiger partial charge in [0.2, 0.25) is 0 Å². The van der Waals surface area contributed by atoms with Gasteiger partial charge >= 0.3 is 0 Å². The molecule has 2 aliphatic rings. The fourth-order valence-electron chi connectivity index (χ4n) is 2.77. The van der Waals surface area contributed by atoms with Crippen LogP contribution in [0.1, 0.15) is 45.4 Å². The Balaban J connectivity index is 1.52. The van der Waals surface area contributed by atoms with E-state index in [2.05, 4.69) is 48.7 Å². The second-order valence-electron chi connectivity index (χ2n) is 5.70. The van der Waals surface area contributed by atoms with Crippen molar-refractivity contribution in [1.82, 2.24) is 5.32 Å². The van der Waals surface area contributed by atoms with Gasteiger partial charge in [0.25, 0.3) is 0 Å². The zero-order valence-electron chi connectivity index (χ0n) is 12.2. The first kappa shape index (κ1) is 14.3. The van der Waals surface area contributed by atoms with Gasteiger partial charge in [0.15, 0.2) is 0 Å². The molecule has 0 fully saturated rings. The average Bonchev–Trinajstić information content (AvgIpc) is 2.45. The fourth-order valence-corrected chi connectivity index (χ4v) is 2.77. The molecule has 19 heavy (non-hydrogen) atoms. The lowest BCUT2D eigenvalue weighted by Crippen LogP contribution is -2.18. The van der Waals surface area contributed by atoms with Crippen molar-refractivity contribution in [2.75, 3.05) is 13.1 Å². The van der Waals surface area contributed by atoms with Gasteiger partial charge in [0.05, 0.1) is 0 Å². The minimum absolute atomic E-state index is 0.754. The average molecular weight is 257 g/mol. The fraction of sp³-hybridized carbons (Fsp3) is 0.556. The Kier molecular flexibility index (Phi) is 6.16. The van der Waals surface area contributed by atoms with Crippen molar-refractivity contribution < 1.29 is 0 Å². The lowest BCUT2D eigenvalue weighted by atomic mass is 9.90. The highest BCUT2D eigenvalue weighted by Gasteiger charge is 2.08. The third-order valence-electron chi connectivity index (χ3n) is 4.11. The second kappa shape index (κ2) is 8.16. The molecule has 1 N–H and O–H groups in total. The summed E-state index contributed by atoms with van der Waals surface area (Å²) in [5.41, 5.74) is 3.23. The van der Waals surface area contributed by atoms with E-state index in [0.717, 1.165) is 19.0 Å². The van der Waals surface area contributed by atoms with E-state index >= 15 is 0 Å². The van der Waals surface area contributed by atoms with E-state index in [9.17, 15) is 0 Å². The van der Waals surface area contributed by atoms with Gasteiger partial charge in [-0.15, -0.1) is 0 Å². The number of allylic oxidation sites excluding steroid dienone is 7. The third kappa shape index (κ3) is 5.20.